The first-order valence-electron chi connectivity index (χ1n) is 11.1. The summed E-state index contributed by atoms with van der Waals surface area (Å²) in [7, 11) is 0. The van der Waals surface area contributed by atoms with Crippen LogP contribution in [-0.4, -0.2) is 11.6 Å². The van der Waals surface area contributed by atoms with Crippen molar-refractivity contribution in [2.24, 2.45) is 5.73 Å². The fraction of sp³-hybridized carbons (Fsp3) is 0.179. The van der Waals surface area contributed by atoms with Gasteiger partial charge >= 0.3 is 0 Å². The lowest BCUT2D eigenvalue weighted by Gasteiger charge is -2.16. The molecule has 4 rings (SSSR count). The molecule has 0 unspecified atom stereocenters. The molecule has 0 aliphatic heterocycles. The van der Waals surface area contributed by atoms with Crippen LogP contribution < -0.4 is 19.9 Å². The Morgan fingerprint density at radius 2 is 1.32 bits per heavy atom. The Kier molecular flexibility index (Phi) is 9.32. The van der Waals surface area contributed by atoms with Gasteiger partial charge in [0.1, 0.15) is 19.0 Å². The van der Waals surface area contributed by atoms with E-state index in [1.807, 2.05) is 97.9 Å². The van der Waals surface area contributed by atoms with E-state index in [9.17, 15) is 0 Å². The third-order valence-electron chi connectivity index (χ3n) is 5.15. The molecule has 6 heteroatoms. The fourth-order valence-electron chi connectivity index (χ4n) is 3.47. The molecule has 4 aromatic rings. The first kappa shape index (κ1) is 25.1. The number of halogens is 1. The summed E-state index contributed by atoms with van der Waals surface area (Å²) in [5.74, 6) is 1.75. The number of nitrogens with zero attached hydrogens (tertiary/aromatic N) is 1. The molecule has 0 spiro atoms. The highest BCUT2D eigenvalue weighted by Gasteiger charge is 2.16. The van der Waals surface area contributed by atoms with E-state index in [0.717, 1.165) is 33.6 Å². The minimum atomic E-state index is 0. The monoisotopic (exact) mass is 476 g/mol. The molecule has 2 N–H and O–H groups in total. The number of ether oxygens (including phenoxy) is 3. The smallest absolute Gasteiger partial charge is 0.225 e. The highest BCUT2D eigenvalue weighted by atomic mass is 35.5. The summed E-state index contributed by atoms with van der Waals surface area (Å²) in [4.78, 5) is 4.70. The molecular formula is C28H29ClN2O3. The highest BCUT2D eigenvalue weighted by molar-refractivity contribution is 5.85. The van der Waals surface area contributed by atoms with Gasteiger partial charge in [-0.05, 0) is 41.8 Å². The molecule has 3 aromatic carbocycles. The normalized spacial score (nSPS) is 10.3. The fourth-order valence-corrected chi connectivity index (χ4v) is 3.47. The number of hydrogen-bond acceptors (Lipinski definition) is 5. The van der Waals surface area contributed by atoms with Crippen LogP contribution in [0.1, 0.15) is 23.6 Å². The zero-order valence-electron chi connectivity index (χ0n) is 19.1. The molecule has 0 amide bonds. The van der Waals surface area contributed by atoms with Crippen molar-refractivity contribution in [1.29, 1.82) is 0 Å². The van der Waals surface area contributed by atoms with E-state index in [4.69, 9.17) is 24.9 Å². The third kappa shape index (κ3) is 6.50. The van der Waals surface area contributed by atoms with Crippen LogP contribution in [0.4, 0.5) is 0 Å². The van der Waals surface area contributed by atoms with Crippen LogP contribution in [0.15, 0.2) is 91.0 Å². The van der Waals surface area contributed by atoms with Gasteiger partial charge in [0.2, 0.25) is 11.8 Å². The van der Waals surface area contributed by atoms with Gasteiger partial charge in [-0.1, -0.05) is 66.7 Å². The maximum atomic E-state index is 6.20. The Hall–Kier alpha value is -3.54. The molecular weight excluding hydrogens is 448 g/mol. The standard InChI is InChI=1S/C28H28N2O3.ClH/c1-2-31-26-15-13-23(18-29)17-25(26)24-14-16-27(32-19-21-9-5-3-6-10-21)30-28(24)33-20-22-11-7-4-8-12-22;/h3-17H,2,18-20,29H2,1H3;1H. The Morgan fingerprint density at radius 3 is 1.94 bits per heavy atom. The number of rotatable bonds is 10. The van der Waals surface area contributed by atoms with Crippen molar-refractivity contribution in [1.82, 2.24) is 4.98 Å². The van der Waals surface area contributed by atoms with Gasteiger partial charge in [0.15, 0.2) is 0 Å². The van der Waals surface area contributed by atoms with Crippen molar-refractivity contribution in [2.75, 3.05) is 6.61 Å². The quantitative estimate of drug-likeness (QED) is 0.296. The van der Waals surface area contributed by atoms with Crippen LogP contribution in [0.3, 0.4) is 0 Å². The van der Waals surface area contributed by atoms with Gasteiger partial charge in [0, 0.05) is 23.7 Å². The van der Waals surface area contributed by atoms with Crippen LogP contribution in [0.25, 0.3) is 11.1 Å². The van der Waals surface area contributed by atoms with Crippen molar-refractivity contribution < 1.29 is 14.2 Å². The summed E-state index contributed by atoms with van der Waals surface area (Å²) in [5.41, 5.74) is 10.8. The lowest BCUT2D eigenvalue weighted by atomic mass is 10.0. The number of pyridine rings is 1. The second-order valence-electron chi connectivity index (χ2n) is 7.52. The van der Waals surface area contributed by atoms with Gasteiger partial charge in [0.25, 0.3) is 0 Å². The topological polar surface area (TPSA) is 66.6 Å². The maximum absolute atomic E-state index is 6.20. The zero-order chi connectivity index (χ0) is 22.9. The lowest BCUT2D eigenvalue weighted by Crippen LogP contribution is -2.04. The van der Waals surface area contributed by atoms with E-state index < -0.39 is 0 Å². The number of hydrogen-bond donors (Lipinski definition) is 1. The van der Waals surface area contributed by atoms with Crippen molar-refractivity contribution in [2.45, 2.75) is 26.7 Å². The third-order valence-corrected chi connectivity index (χ3v) is 5.15. The molecule has 34 heavy (non-hydrogen) atoms. The van der Waals surface area contributed by atoms with Gasteiger partial charge in [-0.2, -0.15) is 4.98 Å². The van der Waals surface area contributed by atoms with Crippen molar-refractivity contribution in [3.8, 4) is 28.6 Å². The van der Waals surface area contributed by atoms with E-state index in [2.05, 4.69) is 0 Å². The summed E-state index contributed by atoms with van der Waals surface area (Å²) in [5, 5.41) is 0. The molecule has 1 aromatic heterocycles. The van der Waals surface area contributed by atoms with Crippen LogP contribution in [0, 0.1) is 0 Å². The predicted octanol–water partition coefficient (Wildman–Crippen LogP) is 6.19. The SMILES string of the molecule is CCOc1ccc(CN)cc1-c1ccc(OCc2ccccc2)nc1OCc1ccccc1.Cl. The van der Waals surface area contributed by atoms with E-state index in [0.29, 0.717) is 38.1 Å². The van der Waals surface area contributed by atoms with Crippen LogP contribution in [0.2, 0.25) is 0 Å². The summed E-state index contributed by atoms with van der Waals surface area (Å²) < 4.78 is 18.0. The summed E-state index contributed by atoms with van der Waals surface area (Å²) in [6.45, 7) is 3.78. The molecule has 0 radical (unpaired) electrons. The van der Waals surface area contributed by atoms with Gasteiger partial charge in [-0.25, -0.2) is 0 Å². The first-order valence-corrected chi connectivity index (χ1v) is 11.1. The predicted molar refractivity (Wildman–Crippen MR) is 138 cm³/mol. The van der Waals surface area contributed by atoms with E-state index >= 15 is 0 Å². The van der Waals surface area contributed by atoms with Gasteiger partial charge in [-0.15, -0.1) is 12.4 Å². The number of nitrogens with two attached hydrogens (primary N) is 1. The number of benzene rings is 3. The Balaban J connectivity index is 0.00000324. The summed E-state index contributed by atoms with van der Waals surface area (Å²) in [6.07, 6.45) is 0. The molecule has 176 valence electrons. The highest BCUT2D eigenvalue weighted by Crippen LogP contribution is 2.38. The van der Waals surface area contributed by atoms with E-state index in [-0.39, 0.29) is 12.4 Å². The Labute approximate surface area is 206 Å². The minimum Gasteiger partial charge on any atom is -0.493 e. The molecule has 0 fully saturated rings. The molecule has 0 saturated carbocycles. The molecule has 5 nitrogen and oxygen atoms in total. The average Bonchev–Trinajstić information content (AvgIpc) is 2.88. The summed E-state index contributed by atoms with van der Waals surface area (Å²) in [6, 6.07) is 29.8. The average molecular weight is 477 g/mol. The molecule has 0 atom stereocenters. The molecule has 0 aliphatic carbocycles. The van der Waals surface area contributed by atoms with Crippen molar-refractivity contribution >= 4 is 12.4 Å². The minimum absolute atomic E-state index is 0. The molecule has 0 aliphatic rings. The second-order valence-corrected chi connectivity index (χ2v) is 7.52. The number of aromatic nitrogens is 1. The largest absolute Gasteiger partial charge is 0.493 e. The molecule has 0 saturated heterocycles. The zero-order valence-corrected chi connectivity index (χ0v) is 20.0. The molecule has 0 bridgehead atoms. The van der Waals surface area contributed by atoms with Crippen molar-refractivity contribution in [3.63, 3.8) is 0 Å². The van der Waals surface area contributed by atoms with Crippen LogP contribution >= 0.6 is 12.4 Å². The van der Waals surface area contributed by atoms with Gasteiger partial charge < -0.3 is 19.9 Å². The van der Waals surface area contributed by atoms with E-state index in [1.165, 1.54) is 0 Å². The summed E-state index contributed by atoms with van der Waals surface area (Å²) >= 11 is 0. The first-order chi connectivity index (χ1) is 16.3. The lowest BCUT2D eigenvalue weighted by molar-refractivity contribution is 0.268. The van der Waals surface area contributed by atoms with Gasteiger partial charge in [0.05, 0.1) is 6.61 Å². The van der Waals surface area contributed by atoms with Crippen LogP contribution in [0.5, 0.6) is 17.5 Å². The van der Waals surface area contributed by atoms with Crippen molar-refractivity contribution in [3.05, 3.63) is 108 Å². The molecule has 1 heterocycles. The van der Waals surface area contributed by atoms with E-state index in [1.54, 1.807) is 0 Å². The van der Waals surface area contributed by atoms with Crippen LogP contribution in [-0.2, 0) is 19.8 Å². The Bertz CT molecular complexity index is 1170. The van der Waals surface area contributed by atoms with Gasteiger partial charge in [-0.3, -0.25) is 0 Å². The second kappa shape index (κ2) is 12.6. The Morgan fingerprint density at radius 1 is 0.676 bits per heavy atom. The maximum Gasteiger partial charge on any atom is 0.225 e.